The fraction of sp³-hybridized carbons (Fsp3) is 0.600. The number of hydrogen-bond acceptors (Lipinski definition) is 4. The topological polar surface area (TPSA) is 46.2 Å². The van der Waals surface area contributed by atoms with Crippen LogP contribution in [0, 0.1) is 0 Å². The molecule has 0 aliphatic rings. The van der Waals surface area contributed by atoms with Crippen molar-refractivity contribution >= 4 is 32.8 Å². The molecule has 1 aromatic rings. The second kappa shape index (κ2) is 6.00. The molecule has 1 unspecified atom stereocenters. The molecular formula is C10H16ClNO2S2. The number of thiophene rings is 1. The maximum absolute atomic E-state index is 11.3. The summed E-state index contributed by atoms with van der Waals surface area (Å²) in [5, 5.41) is 5.15. The normalized spacial score (nSPS) is 13.9. The molecule has 1 heterocycles. The lowest BCUT2D eigenvalue weighted by atomic mass is 10.2. The van der Waals surface area contributed by atoms with Crippen molar-refractivity contribution in [1.82, 2.24) is 5.32 Å². The number of rotatable bonds is 6. The quantitative estimate of drug-likeness (QED) is 0.871. The summed E-state index contributed by atoms with van der Waals surface area (Å²) in [4.78, 5) is 0. The summed E-state index contributed by atoms with van der Waals surface area (Å²) >= 11 is 7.31. The predicted octanol–water partition coefficient (Wildman–Crippen LogP) is 2.49. The predicted molar refractivity (Wildman–Crippen MR) is 70.1 cm³/mol. The van der Waals surface area contributed by atoms with Gasteiger partial charge in [-0.15, -0.1) is 11.3 Å². The minimum Gasteiger partial charge on any atom is -0.309 e. The fourth-order valence-corrected chi connectivity index (χ4v) is 2.95. The van der Waals surface area contributed by atoms with Crippen LogP contribution in [0.4, 0.5) is 0 Å². The Morgan fingerprint density at radius 2 is 2.25 bits per heavy atom. The first-order valence-electron chi connectivity index (χ1n) is 5.12. The lowest BCUT2D eigenvalue weighted by molar-refractivity contribution is 0.573. The molecule has 16 heavy (non-hydrogen) atoms. The van der Waals surface area contributed by atoms with Crippen LogP contribution in [-0.4, -0.2) is 26.5 Å². The number of halogens is 1. The summed E-state index contributed by atoms with van der Waals surface area (Å²) in [6.07, 6.45) is 0. The number of nitrogens with one attached hydrogen (secondary N) is 1. The van der Waals surface area contributed by atoms with Gasteiger partial charge < -0.3 is 5.32 Å². The largest absolute Gasteiger partial charge is 0.309 e. The number of sulfone groups is 1. The molecule has 0 radical (unpaired) electrons. The highest BCUT2D eigenvalue weighted by Crippen LogP contribution is 2.24. The Morgan fingerprint density at radius 1 is 1.56 bits per heavy atom. The lowest BCUT2D eigenvalue weighted by Crippen LogP contribution is -2.26. The van der Waals surface area contributed by atoms with Gasteiger partial charge in [0.05, 0.1) is 10.1 Å². The van der Waals surface area contributed by atoms with Crippen molar-refractivity contribution in [2.24, 2.45) is 0 Å². The maximum atomic E-state index is 11.3. The molecule has 92 valence electrons. The Balaban J connectivity index is 2.39. The van der Waals surface area contributed by atoms with Crippen molar-refractivity contribution in [2.45, 2.75) is 19.9 Å². The van der Waals surface area contributed by atoms with Crippen LogP contribution in [0.3, 0.4) is 0 Å². The second-order valence-electron chi connectivity index (χ2n) is 3.60. The SMILES string of the molecule is CCS(=O)(=O)CCNC(C)c1csc(Cl)c1. The Hall–Kier alpha value is -0.100. The molecule has 0 saturated heterocycles. The van der Waals surface area contributed by atoms with E-state index in [9.17, 15) is 8.42 Å². The molecule has 0 bridgehead atoms. The highest BCUT2D eigenvalue weighted by atomic mass is 35.5. The molecule has 0 aromatic carbocycles. The van der Waals surface area contributed by atoms with Crippen LogP contribution in [0.25, 0.3) is 0 Å². The molecule has 1 rings (SSSR count). The molecule has 0 aliphatic heterocycles. The van der Waals surface area contributed by atoms with Crippen molar-refractivity contribution in [3.8, 4) is 0 Å². The third-order valence-corrected chi connectivity index (χ3v) is 5.21. The molecule has 0 amide bonds. The van der Waals surface area contributed by atoms with Crippen LogP contribution < -0.4 is 5.32 Å². The van der Waals surface area contributed by atoms with Crippen LogP contribution >= 0.6 is 22.9 Å². The first-order chi connectivity index (χ1) is 7.44. The highest BCUT2D eigenvalue weighted by molar-refractivity contribution is 7.91. The minimum absolute atomic E-state index is 0.135. The Labute approximate surface area is 106 Å². The van der Waals surface area contributed by atoms with Crippen LogP contribution in [0.1, 0.15) is 25.5 Å². The van der Waals surface area contributed by atoms with Gasteiger partial charge in [-0.2, -0.15) is 0 Å². The summed E-state index contributed by atoms with van der Waals surface area (Å²) < 4.78 is 23.3. The van der Waals surface area contributed by atoms with Crippen molar-refractivity contribution in [2.75, 3.05) is 18.1 Å². The molecule has 0 spiro atoms. The van der Waals surface area contributed by atoms with Crippen LogP contribution in [0.5, 0.6) is 0 Å². The van der Waals surface area contributed by atoms with E-state index in [2.05, 4.69) is 5.32 Å². The molecule has 1 atom stereocenters. The van der Waals surface area contributed by atoms with E-state index in [4.69, 9.17) is 11.6 Å². The zero-order chi connectivity index (χ0) is 12.2. The Kier molecular flexibility index (Phi) is 5.24. The van der Waals surface area contributed by atoms with Crippen molar-refractivity contribution in [3.05, 3.63) is 21.3 Å². The van der Waals surface area contributed by atoms with Gasteiger partial charge in [0.1, 0.15) is 0 Å². The van der Waals surface area contributed by atoms with E-state index in [-0.39, 0.29) is 17.5 Å². The van der Waals surface area contributed by atoms with Gasteiger partial charge in [-0.05, 0) is 23.9 Å². The molecule has 3 nitrogen and oxygen atoms in total. The van der Waals surface area contributed by atoms with E-state index in [1.54, 1.807) is 6.92 Å². The van der Waals surface area contributed by atoms with Crippen molar-refractivity contribution in [1.29, 1.82) is 0 Å². The van der Waals surface area contributed by atoms with E-state index in [1.807, 2.05) is 18.4 Å². The number of hydrogen-bond donors (Lipinski definition) is 1. The molecular weight excluding hydrogens is 266 g/mol. The molecule has 1 aromatic heterocycles. The van der Waals surface area contributed by atoms with Gasteiger partial charge >= 0.3 is 0 Å². The van der Waals surface area contributed by atoms with E-state index < -0.39 is 9.84 Å². The van der Waals surface area contributed by atoms with Gasteiger partial charge in [0.15, 0.2) is 9.84 Å². The van der Waals surface area contributed by atoms with Crippen molar-refractivity contribution < 1.29 is 8.42 Å². The monoisotopic (exact) mass is 281 g/mol. The fourth-order valence-electron chi connectivity index (χ4n) is 1.24. The van der Waals surface area contributed by atoms with Gasteiger partial charge in [0.25, 0.3) is 0 Å². The Morgan fingerprint density at radius 3 is 2.75 bits per heavy atom. The molecule has 6 heteroatoms. The summed E-state index contributed by atoms with van der Waals surface area (Å²) in [6, 6.07) is 2.04. The summed E-state index contributed by atoms with van der Waals surface area (Å²) in [6.45, 7) is 4.14. The third-order valence-electron chi connectivity index (χ3n) is 2.39. The third kappa shape index (κ3) is 4.41. The molecule has 1 N–H and O–H groups in total. The first kappa shape index (κ1) is 14.0. The first-order valence-corrected chi connectivity index (χ1v) is 8.20. The zero-order valence-corrected chi connectivity index (χ0v) is 11.8. The summed E-state index contributed by atoms with van der Waals surface area (Å²) in [7, 11) is -2.88. The van der Waals surface area contributed by atoms with Crippen LogP contribution in [0.15, 0.2) is 11.4 Å². The summed E-state index contributed by atoms with van der Waals surface area (Å²) in [5.41, 5.74) is 1.10. The van der Waals surface area contributed by atoms with Gasteiger partial charge in [-0.1, -0.05) is 18.5 Å². The van der Waals surface area contributed by atoms with E-state index in [1.165, 1.54) is 11.3 Å². The van der Waals surface area contributed by atoms with E-state index in [0.29, 0.717) is 6.54 Å². The van der Waals surface area contributed by atoms with E-state index >= 15 is 0 Å². The molecule has 0 saturated carbocycles. The van der Waals surface area contributed by atoms with Gasteiger partial charge in [-0.25, -0.2) is 8.42 Å². The minimum atomic E-state index is -2.88. The molecule has 0 aliphatic carbocycles. The highest BCUT2D eigenvalue weighted by Gasteiger charge is 2.10. The zero-order valence-electron chi connectivity index (χ0n) is 9.36. The maximum Gasteiger partial charge on any atom is 0.151 e. The Bertz CT molecular complexity index is 428. The van der Waals surface area contributed by atoms with Gasteiger partial charge in [-0.3, -0.25) is 0 Å². The lowest BCUT2D eigenvalue weighted by Gasteiger charge is -2.11. The average molecular weight is 282 g/mol. The van der Waals surface area contributed by atoms with E-state index in [0.717, 1.165) is 9.90 Å². The van der Waals surface area contributed by atoms with Gasteiger partial charge in [0.2, 0.25) is 0 Å². The van der Waals surface area contributed by atoms with Gasteiger partial charge in [0, 0.05) is 18.3 Å². The summed E-state index contributed by atoms with van der Waals surface area (Å²) in [5.74, 6) is 0.388. The smallest absolute Gasteiger partial charge is 0.151 e. The van der Waals surface area contributed by atoms with Crippen molar-refractivity contribution in [3.63, 3.8) is 0 Å². The second-order valence-corrected chi connectivity index (χ2v) is 7.61. The standard InChI is InChI=1S/C10H16ClNO2S2/c1-3-16(13,14)5-4-12-8(2)9-6-10(11)15-7-9/h6-8,12H,3-5H2,1-2H3. The average Bonchev–Trinajstić information content (AvgIpc) is 2.64. The molecule has 0 fully saturated rings. The van der Waals surface area contributed by atoms with Crippen LogP contribution in [-0.2, 0) is 9.84 Å². The van der Waals surface area contributed by atoms with Crippen LogP contribution in [0.2, 0.25) is 4.34 Å².